The van der Waals surface area contributed by atoms with Gasteiger partial charge in [-0.2, -0.15) is 0 Å². The highest BCUT2D eigenvalue weighted by Crippen LogP contribution is 2.44. The number of aromatic nitrogens is 2. The summed E-state index contributed by atoms with van der Waals surface area (Å²) >= 11 is 0. The van der Waals surface area contributed by atoms with E-state index >= 15 is 0 Å². The average Bonchev–Trinajstić information content (AvgIpc) is 3.40. The number of ketones is 1. The maximum Gasteiger partial charge on any atom is 0.302 e. The van der Waals surface area contributed by atoms with Crippen molar-refractivity contribution < 1.29 is 19.4 Å². The molecule has 5 rings (SSSR count). The van der Waals surface area contributed by atoms with Crippen molar-refractivity contribution in [2.75, 3.05) is 31.0 Å². The van der Waals surface area contributed by atoms with Gasteiger partial charge in [0, 0.05) is 19.8 Å². The van der Waals surface area contributed by atoms with Gasteiger partial charge in [-0.3, -0.25) is 14.5 Å². The minimum atomic E-state index is -0.908. The van der Waals surface area contributed by atoms with Gasteiger partial charge in [-0.25, -0.2) is 4.98 Å². The van der Waals surface area contributed by atoms with Crippen LogP contribution in [0, 0.1) is 27.7 Å². The van der Waals surface area contributed by atoms with Crippen molar-refractivity contribution in [3.63, 3.8) is 0 Å². The lowest BCUT2D eigenvalue weighted by molar-refractivity contribution is -0.132. The molecule has 200 valence electrons. The minimum absolute atomic E-state index is 0.0197. The molecule has 0 bridgehead atoms. The Bertz CT molecular complexity index is 1630. The first-order chi connectivity index (χ1) is 18.5. The third kappa shape index (κ3) is 4.31. The van der Waals surface area contributed by atoms with E-state index in [0.29, 0.717) is 22.4 Å². The number of carbonyl (C=O) groups is 2. The van der Waals surface area contributed by atoms with Crippen LogP contribution in [0.2, 0.25) is 0 Å². The Morgan fingerprint density at radius 3 is 2.28 bits per heavy atom. The van der Waals surface area contributed by atoms with Gasteiger partial charge < -0.3 is 19.7 Å². The molecule has 39 heavy (non-hydrogen) atoms. The normalized spacial score (nSPS) is 16.8. The molecule has 1 amide bonds. The number of anilines is 2. The lowest BCUT2D eigenvalue weighted by Crippen LogP contribution is -2.30. The number of amides is 1. The van der Waals surface area contributed by atoms with Gasteiger partial charge in [0.1, 0.15) is 11.5 Å². The molecular weight excluding hydrogens is 492 g/mol. The van der Waals surface area contributed by atoms with Gasteiger partial charge in [-0.1, -0.05) is 18.2 Å². The predicted molar refractivity (Wildman–Crippen MR) is 154 cm³/mol. The Balaban J connectivity index is 1.77. The molecule has 0 saturated carbocycles. The highest BCUT2D eigenvalue weighted by molar-refractivity contribution is 6.51. The van der Waals surface area contributed by atoms with Crippen molar-refractivity contribution in [1.82, 2.24) is 9.97 Å². The number of aryl methyl sites for hydroxylation is 4. The maximum absolute atomic E-state index is 13.7. The SMILES string of the molecule is COc1c(C)cc(C)cc1/C(O)=C1\C(=O)C(=O)N(c2nc3cc(C)c(C)cc3[nH]2)C1c1ccc(N(C)C)cc1. The first kappa shape index (κ1) is 26.0. The van der Waals surface area contributed by atoms with E-state index in [1.165, 1.54) is 12.0 Å². The van der Waals surface area contributed by atoms with Crippen molar-refractivity contribution in [2.45, 2.75) is 33.7 Å². The number of aliphatic hydroxyl groups is 1. The second-order valence-electron chi connectivity index (χ2n) is 10.3. The second-order valence-corrected chi connectivity index (χ2v) is 10.3. The van der Waals surface area contributed by atoms with Crippen molar-refractivity contribution in [1.29, 1.82) is 0 Å². The molecule has 1 aliphatic heterocycles. The second kappa shape index (κ2) is 9.62. The largest absolute Gasteiger partial charge is 0.507 e. The molecule has 0 spiro atoms. The number of aromatic amines is 1. The van der Waals surface area contributed by atoms with Crippen LogP contribution in [0.5, 0.6) is 5.75 Å². The Labute approximate surface area is 227 Å². The number of Topliss-reactive ketones (excluding diaryl/α,β-unsaturated/α-hetero) is 1. The molecule has 1 atom stereocenters. The molecule has 4 aromatic rings. The number of methoxy groups -OCH3 is 1. The zero-order chi connectivity index (χ0) is 28.2. The smallest absolute Gasteiger partial charge is 0.302 e. The number of nitrogens with one attached hydrogen (secondary N) is 1. The summed E-state index contributed by atoms with van der Waals surface area (Å²) in [6, 6.07) is 14.3. The maximum atomic E-state index is 13.7. The molecular formula is C31H32N4O4. The Hall–Kier alpha value is -4.59. The highest BCUT2D eigenvalue weighted by Gasteiger charge is 2.48. The van der Waals surface area contributed by atoms with Crippen LogP contribution in [0.15, 0.2) is 54.1 Å². The van der Waals surface area contributed by atoms with Gasteiger partial charge >= 0.3 is 5.91 Å². The van der Waals surface area contributed by atoms with Gasteiger partial charge in [-0.05, 0) is 85.8 Å². The standard InChI is InChI=1S/C31H32N4O4/c1-16-12-19(4)29(39-7)22(13-16)27(36)25-26(20-8-10-21(11-9-20)34(5)6)35(30(38)28(25)37)31-32-23-14-17(2)18(3)15-24(23)33-31/h8-15,26,36H,1-7H3,(H,32,33)/b27-25+. The number of carbonyl (C=O) groups excluding carboxylic acids is 2. The fraction of sp³-hybridized carbons (Fsp3) is 0.258. The number of fused-ring (bicyclic) bond motifs is 1. The van der Waals surface area contributed by atoms with Crippen molar-refractivity contribution in [3.05, 3.63) is 87.5 Å². The molecule has 0 radical (unpaired) electrons. The van der Waals surface area contributed by atoms with E-state index < -0.39 is 17.7 Å². The van der Waals surface area contributed by atoms with Crippen molar-refractivity contribution >= 4 is 40.1 Å². The monoisotopic (exact) mass is 524 g/mol. The van der Waals surface area contributed by atoms with Crippen molar-refractivity contribution in [2.24, 2.45) is 0 Å². The number of rotatable bonds is 5. The van der Waals surface area contributed by atoms with E-state index in [1.807, 2.05) is 89.2 Å². The third-order valence-electron chi connectivity index (χ3n) is 7.36. The van der Waals surface area contributed by atoms with Crippen LogP contribution in [-0.4, -0.2) is 48.0 Å². The van der Waals surface area contributed by atoms with Gasteiger partial charge in [0.15, 0.2) is 0 Å². The topological polar surface area (TPSA) is 98.8 Å². The molecule has 1 fully saturated rings. The summed E-state index contributed by atoms with van der Waals surface area (Å²) in [5, 5.41) is 11.7. The summed E-state index contributed by atoms with van der Waals surface area (Å²) in [4.78, 5) is 38.5. The highest BCUT2D eigenvalue weighted by atomic mass is 16.5. The molecule has 8 nitrogen and oxygen atoms in total. The number of hydrogen-bond acceptors (Lipinski definition) is 6. The van der Waals surface area contributed by atoms with E-state index in [4.69, 9.17) is 9.72 Å². The summed E-state index contributed by atoms with van der Waals surface area (Å²) in [5.41, 5.74) is 7.26. The van der Waals surface area contributed by atoms with E-state index in [1.54, 1.807) is 6.07 Å². The first-order valence-corrected chi connectivity index (χ1v) is 12.7. The minimum Gasteiger partial charge on any atom is -0.507 e. The van der Waals surface area contributed by atoms with E-state index in [-0.39, 0.29) is 17.3 Å². The number of aliphatic hydroxyl groups excluding tert-OH is 1. The molecule has 0 aliphatic carbocycles. The van der Waals surface area contributed by atoms with Gasteiger partial charge in [0.05, 0.1) is 35.3 Å². The summed E-state index contributed by atoms with van der Waals surface area (Å²) in [6.07, 6.45) is 0. The third-order valence-corrected chi connectivity index (χ3v) is 7.36. The molecule has 3 aromatic carbocycles. The number of nitrogens with zero attached hydrogens (tertiary/aromatic N) is 3. The summed E-state index contributed by atoms with van der Waals surface area (Å²) in [5.74, 6) is -1.16. The van der Waals surface area contributed by atoms with Crippen molar-refractivity contribution in [3.8, 4) is 5.75 Å². The lowest BCUT2D eigenvalue weighted by atomic mass is 9.93. The van der Waals surface area contributed by atoms with Crippen LogP contribution in [0.4, 0.5) is 11.6 Å². The van der Waals surface area contributed by atoms with Crippen LogP contribution < -0.4 is 14.5 Å². The zero-order valence-corrected chi connectivity index (χ0v) is 23.2. The fourth-order valence-corrected chi connectivity index (χ4v) is 5.24. The number of hydrogen-bond donors (Lipinski definition) is 2. The predicted octanol–water partition coefficient (Wildman–Crippen LogP) is 5.50. The molecule has 2 heterocycles. The molecule has 1 saturated heterocycles. The Morgan fingerprint density at radius 2 is 1.64 bits per heavy atom. The number of imidazole rings is 1. The summed E-state index contributed by atoms with van der Waals surface area (Å²) < 4.78 is 5.60. The zero-order valence-electron chi connectivity index (χ0n) is 23.2. The first-order valence-electron chi connectivity index (χ1n) is 12.7. The fourth-order valence-electron chi connectivity index (χ4n) is 5.24. The van der Waals surface area contributed by atoms with E-state index in [9.17, 15) is 14.7 Å². The molecule has 1 aliphatic rings. The van der Waals surface area contributed by atoms with Gasteiger partial charge in [-0.15, -0.1) is 0 Å². The molecule has 1 aromatic heterocycles. The van der Waals surface area contributed by atoms with E-state index in [2.05, 4.69) is 4.98 Å². The average molecular weight is 525 g/mol. The molecule has 8 heteroatoms. The Kier molecular flexibility index (Phi) is 6.42. The van der Waals surface area contributed by atoms with Crippen LogP contribution in [0.25, 0.3) is 16.8 Å². The molecule has 1 unspecified atom stereocenters. The van der Waals surface area contributed by atoms with Gasteiger partial charge in [0.25, 0.3) is 5.78 Å². The number of ether oxygens (including phenoxy) is 1. The molecule has 2 N–H and O–H groups in total. The summed E-state index contributed by atoms with van der Waals surface area (Å²) in [7, 11) is 5.39. The lowest BCUT2D eigenvalue weighted by Gasteiger charge is -2.24. The van der Waals surface area contributed by atoms with Gasteiger partial charge in [0.2, 0.25) is 5.95 Å². The number of H-pyrrole nitrogens is 1. The van der Waals surface area contributed by atoms with Crippen LogP contribution in [-0.2, 0) is 9.59 Å². The Morgan fingerprint density at radius 1 is 0.974 bits per heavy atom. The van der Waals surface area contributed by atoms with Crippen LogP contribution >= 0.6 is 0 Å². The quantitative estimate of drug-likeness (QED) is 0.203. The number of benzene rings is 3. The van der Waals surface area contributed by atoms with Crippen LogP contribution in [0.1, 0.15) is 39.4 Å². The summed E-state index contributed by atoms with van der Waals surface area (Å²) in [6.45, 7) is 7.78. The van der Waals surface area contributed by atoms with Crippen LogP contribution in [0.3, 0.4) is 0 Å². The van der Waals surface area contributed by atoms with E-state index in [0.717, 1.165) is 33.5 Å².